The molecule has 23 heavy (non-hydrogen) atoms. The molecule has 1 atom stereocenters. The molecule has 1 aromatic rings. The van der Waals surface area contributed by atoms with Gasteiger partial charge in [-0.2, -0.15) is 0 Å². The van der Waals surface area contributed by atoms with Crippen molar-refractivity contribution in [2.24, 2.45) is 5.73 Å². The Kier molecular flexibility index (Phi) is 8.07. The van der Waals surface area contributed by atoms with E-state index in [0.717, 1.165) is 0 Å². The maximum Gasteiger partial charge on any atom is 0.322 e. The highest BCUT2D eigenvalue weighted by Gasteiger charge is 2.13. The third-order valence-electron chi connectivity index (χ3n) is 3.08. The summed E-state index contributed by atoms with van der Waals surface area (Å²) in [7, 11) is 0. The number of nitrogens with two attached hydrogens (primary N) is 1. The van der Waals surface area contributed by atoms with Crippen LogP contribution in [0.4, 0.5) is 0 Å². The van der Waals surface area contributed by atoms with E-state index in [9.17, 15) is 14.4 Å². The van der Waals surface area contributed by atoms with Gasteiger partial charge in [0.15, 0.2) is 0 Å². The van der Waals surface area contributed by atoms with Crippen LogP contribution in [-0.2, 0) is 9.59 Å². The molecule has 0 saturated heterocycles. The first-order valence-corrected chi connectivity index (χ1v) is 7.57. The van der Waals surface area contributed by atoms with Gasteiger partial charge in [0, 0.05) is 17.1 Å². The second-order valence-corrected chi connectivity index (χ2v) is 5.41. The highest BCUT2D eigenvalue weighted by atomic mass is 35.5. The quantitative estimate of drug-likeness (QED) is 0.494. The van der Waals surface area contributed by atoms with Crippen LogP contribution in [0.25, 0.3) is 0 Å². The lowest BCUT2D eigenvalue weighted by Gasteiger charge is -2.11. The first-order valence-electron chi connectivity index (χ1n) is 7.19. The van der Waals surface area contributed by atoms with Crippen molar-refractivity contribution < 1.29 is 19.5 Å². The van der Waals surface area contributed by atoms with Crippen LogP contribution < -0.4 is 16.4 Å². The smallest absolute Gasteiger partial charge is 0.322 e. The summed E-state index contributed by atoms with van der Waals surface area (Å²) in [5.74, 6) is -1.79. The van der Waals surface area contributed by atoms with Crippen LogP contribution in [0.5, 0.6) is 0 Å². The molecule has 1 rings (SSSR count). The van der Waals surface area contributed by atoms with Gasteiger partial charge in [0.1, 0.15) is 6.54 Å². The van der Waals surface area contributed by atoms with Gasteiger partial charge in [0.25, 0.3) is 5.91 Å². The van der Waals surface area contributed by atoms with E-state index < -0.39 is 24.5 Å². The number of hydrogen-bond donors (Lipinski definition) is 4. The van der Waals surface area contributed by atoms with E-state index in [2.05, 4.69) is 10.6 Å². The average molecular weight is 342 g/mol. The maximum atomic E-state index is 11.8. The fraction of sp³-hybridized carbons (Fsp3) is 0.400. The summed E-state index contributed by atoms with van der Waals surface area (Å²) in [5, 5.41) is 14.0. The molecule has 0 spiro atoms. The number of unbranched alkanes of at least 4 members (excludes halogenated alkanes) is 1. The minimum absolute atomic E-state index is 0.190. The predicted octanol–water partition coefficient (Wildman–Crippen LogP) is 0.768. The standard InChI is InChI=1S/C15H20ClN3O4/c16-11-6-4-10(5-7-11)14(22)18-8-2-1-3-12(17)15(23)19-9-13(20)21/h4-7,12H,1-3,8-9,17H2,(H,18,22)(H,19,23)(H,20,21)/t12-/m1/s1. The zero-order valence-corrected chi connectivity index (χ0v) is 13.3. The molecular formula is C15H20ClN3O4. The molecule has 0 aliphatic carbocycles. The second-order valence-electron chi connectivity index (χ2n) is 4.98. The topological polar surface area (TPSA) is 122 Å². The van der Waals surface area contributed by atoms with E-state index in [4.69, 9.17) is 22.4 Å². The van der Waals surface area contributed by atoms with Crippen LogP contribution in [0, 0.1) is 0 Å². The molecule has 2 amide bonds. The number of carboxylic acids is 1. The van der Waals surface area contributed by atoms with Crippen molar-refractivity contribution >= 4 is 29.4 Å². The van der Waals surface area contributed by atoms with Gasteiger partial charge in [-0.05, 0) is 43.5 Å². The molecule has 1 aromatic carbocycles. The number of amides is 2. The molecule has 0 bridgehead atoms. The van der Waals surface area contributed by atoms with Crippen molar-refractivity contribution in [1.29, 1.82) is 0 Å². The zero-order valence-electron chi connectivity index (χ0n) is 12.5. The maximum absolute atomic E-state index is 11.8. The lowest BCUT2D eigenvalue weighted by molar-refractivity contribution is -0.138. The number of rotatable bonds is 9. The van der Waals surface area contributed by atoms with Crippen molar-refractivity contribution in [2.75, 3.05) is 13.1 Å². The summed E-state index contributed by atoms with van der Waals surface area (Å²) in [6.07, 6.45) is 1.73. The van der Waals surface area contributed by atoms with Gasteiger partial charge in [-0.15, -0.1) is 0 Å². The van der Waals surface area contributed by atoms with Crippen molar-refractivity contribution in [1.82, 2.24) is 10.6 Å². The molecule has 0 fully saturated rings. The Morgan fingerprint density at radius 1 is 1.13 bits per heavy atom. The Labute approximate surface area is 139 Å². The minimum Gasteiger partial charge on any atom is -0.480 e. The number of halogens is 1. The lowest BCUT2D eigenvalue weighted by Crippen LogP contribution is -2.42. The normalized spacial score (nSPS) is 11.6. The summed E-state index contributed by atoms with van der Waals surface area (Å²) in [4.78, 5) is 33.6. The van der Waals surface area contributed by atoms with Crippen molar-refractivity contribution in [2.45, 2.75) is 25.3 Å². The molecule has 0 saturated carbocycles. The molecule has 5 N–H and O–H groups in total. The van der Waals surface area contributed by atoms with E-state index in [1.54, 1.807) is 24.3 Å². The molecule has 0 unspecified atom stereocenters. The monoisotopic (exact) mass is 341 g/mol. The molecular weight excluding hydrogens is 322 g/mol. The summed E-state index contributed by atoms with van der Waals surface area (Å²) in [6, 6.07) is 5.82. The van der Waals surface area contributed by atoms with Crippen LogP contribution >= 0.6 is 11.6 Å². The first kappa shape index (κ1) is 18.9. The molecule has 7 nitrogen and oxygen atoms in total. The lowest BCUT2D eigenvalue weighted by atomic mass is 10.1. The molecule has 0 aliphatic rings. The van der Waals surface area contributed by atoms with Gasteiger partial charge in [-0.1, -0.05) is 11.6 Å². The number of carboxylic acid groups (broad SMARTS) is 1. The minimum atomic E-state index is -1.12. The van der Waals surface area contributed by atoms with Gasteiger partial charge in [-0.3, -0.25) is 14.4 Å². The Hall–Kier alpha value is -2.12. The third-order valence-corrected chi connectivity index (χ3v) is 3.34. The van der Waals surface area contributed by atoms with Crippen molar-refractivity contribution in [3.63, 3.8) is 0 Å². The SMILES string of the molecule is N[C@H](CCCCNC(=O)c1ccc(Cl)cc1)C(=O)NCC(=O)O. The van der Waals surface area contributed by atoms with E-state index in [1.807, 2.05) is 0 Å². The highest BCUT2D eigenvalue weighted by Crippen LogP contribution is 2.09. The van der Waals surface area contributed by atoms with Gasteiger partial charge in [0.05, 0.1) is 6.04 Å². The molecule has 8 heteroatoms. The fourth-order valence-electron chi connectivity index (χ4n) is 1.82. The number of carbonyl (C=O) groups is 3. The second kappa shape index (κ2) is 9.81. The molecule has 0 aromatic heterocycles. The van der Waals surface area contributed by atoms with E-state index in [1.165, 1.54) is 0 Å². The summed E-state index contributed by atoms with van der Waals surface area (Å²) >= 11 is 5.75. The fourth-order valence-corrected chi connectivity index (χ4v) is 1.95. The zero-order chi connectivity index (χ0) is 17.2. The average Bonchev–Trinajstić information content (AvgIpc) is 2.52. The predicted molar refractivity (Wildman–Crippen MR) is 86.3 cm³/mol. The number of benzene rings is 1. The summed E-state index contributed by atoms with van der Waals surface area (Å²) in [5.41, 5.74) is 6.17. The van der Waals surface area contributed by atoms with E-state index in [-0.39, 0.29) is 5.91 Å². The van der Waals surface area contributed by atoms with Crippen LogP contribution in [0.15, 0.2) is 24.3 Å². The number of carbonyl (C=O) groups excluding carboxylic acids is 2. The number of aliphatic carboxylic acids is 1. The number of hydrogen-bond acceptors (Lipinski definition) is 4. The first-order chi connectivity index (χ1) is 10.9. The molecule has 0 heterocycles. The van der Waals surface area contributed by atoms with Crippen molar-refractivity contribution in [3.8, 4) is 0 Å². The van der Waals surface area contributed by atoms with Gasteiger partial charge < -0.3 is 21.5 Å². The van der Waals surface area contributed by atoms with Crippen LogP contribution in [0.1, 0.15) is 29.6 Å². The highest BCUT2D eigenvalue weighted by molar-refractivity contribution is 6.30. The Morgan fingerprint density at radius 3 is 2.39 bits per heavy atom. The van der Waals surface area contributed by atoms with E-state index in [0.29, 0.717) is 36.4 Å². The Morgan fingerprint density at radius 2 is 1.78 bits per heavy atom. The third kappa shape index (κ3) is 7.62. The molecule has 126 valence electrons. The van der Waals surface area contributed by atoms with Gasteiger partial charge >= 0.3 is 5.97 Å². The molecule has 0 aliphatic heterocycles. The van der Waals surface area contributed by atoms with Crippen LogP contribution in [0.2, 0.25) is 5.02 Å². The number of nitrogens with one attached hydrogen (secondary N) is 2. The van der Waals surface area contributed by atoms with Crippen LogP contribution in [0.3, 0.4) is 0 Å². The van der Waals surface area contributed by atoms with Crippen LogP contribution in [-0.4, -0.2) is 42.0 Å². The van der Waals surface area contributed by atoms with Crippen molar-refractivity contribution in [3.05, 3.63) is 34.9 Å². The molecule has 0 radical (unpaired) electrons. The summed E-state index contributed by atoms with van der Waals surface area (Å²) < 4.78 is 0. The van der Waals surface area contributed by atoms with Gasteiger partial charge in [-0.25, -0.2) is 0 Å². The van der Waals surface area contributed by atoms with E-state index >= 15 is 0 Å². The summed E-state index contributed by atoms with van der Waals surface area (Å²) in [6.45, 7) is 0.0224. The largest absolute Gasteiger partial charge is 0.480 e. The van der Waals surface area contributed by atoms with Gasteiger partial charge in [0.2, 0.25) is 5.91 Å². The Balaban J connectivity index is 2.17. The Bertz CT molecular complexity index is 548.